The number of amides is 3. The van der Waals surface area contributed by atoms with Gasteiger partial charge in [-0.05, 0) is 35.4 Å². The molecule has 0 radical (unpaired) electrons. The highest BCUT2D eigenvalue weighted by Crippen LogP contribution is 2.40. The molecule has 1 unspecified atom stereocenters. The molecule has 3 heterocycles. The third-order valence-corrected chi connectivity index (χ3v) is 6.88. The van der Waals surface area contributed by atoms with Gasteiger partial charge in [0.25, 0.3) is 0 Å². The molecule has 8 heteroatoms. The summed E-state index contributed by atoms with van der Waals surface area (Å²) in [6, 6.07) is 20.4. The summed E-state index contributed by atoms with van der Waals surface area (Å²) in [4.78, 5) is 56.2. The summed E-state index contributed by atoms with van der Waals surface area (Å²) in [6.07, 6.45) is 5.29. The second-order valence-corrected chi connectivity index (χ2v) is 9.35. The topological polar surface area (TPSA) is 96.4 Å². The third kappa shape index (κ3) is 4.95. The highest BCUT2D eigenvalue weighted by atomic mass is 16.2. The summed E-state index contributed by atoms with van der Waals surface area (Å²) in [6.45, 7) is 0.577. The van der Waals surface area contributed by atoms with Crippen LogP contribution in [0.15, 0.2) is 85.3 Å². The number of benzene rings is 2. The van der Waals surface area contributed by atoms with Crippen molar-refractivity contribution in [1.82, 2.24) is 24.8 Å². The van der Waals surface area contributed by atoms with Gasteiger partial charge in [-0.3, -0.25) is 34.2 Å². The molecule has 1 saturated heterocycles. The number of rotatable bonds is 8. The molecule has 5 rings (SSSR count). The number of hydrogen-bond donors (Lipinski definition) is 0. The van der Waals surface area contributed by atoms with Crippen LogP contribution in [-0.4, -0.2) is 56.1 Å². The van der Waals surface area contributed by atoms with Crippen LogP contribution in [0.4, 0.5) is 0 Å². The van der Waals surface area contributed by atoms with E-state index in [2.05, 4.69) is 15.0 Å². The zero-order valence-electron chi connectivity index (χ0n) is 20.6. The van der Waals surface area contributed by atoms with Crippen molar-refractivity contribution in [3.63, 3.8) is 0 Å². The number of imide groups is 1. The van der Waals surface area contributed by atoms with E-state index in [9.17, 15) is 14.4 Å². The van der Waals surface area contributed by atoms with Crippen molar-refractivity contribution in [2.75, 3.05) is 13.6 Å². The number of carbonyl (C=O) groups excluding carboxylic acids is 3. The highest BCUT2D eigenvalue weighted by Gasteiger charge is 2.53. The van der Waals surface area contributed by atoms with Crippen LogP contribution >= 0.6 is 0 Å². The van der Waals surface area contributed by atoms with Crippen molar-refractivity contribution in [1.29, 1.82) is 0 Å². The molecule has 0 saturated carbocycles. The number of likely N-dealkylation sites (tertiary alicyclic amines) is 1. The van der Waals surface area contributed by atoms with Gasteiger partial charge in [-0.1, -0.05) is 42.5 Å². The first kappa shape index (κ1) is 24.2. The van der Waals surface area contributed by atoms with E-state index in [1.165, 1.54) is 4.90 Å². The largest absolute Gasteiger partial charge is 0.341 e. The van der Waals surface area contributed by atoms with E-state index in [0.29, 0.717) is 18.5 Å². The fourth-order valence-corrected chi connectivity index (χ4v) is 4.88. The van der Waals surface area contributed by atoms with Gasteiger partial charge in [-0.25, -0.2) is 0 Å². The van der Waals surface area contributed by atoms with Crippen LogP contribution in [-0.2, 0) is 32.8 Å². The maximum absolute atomic E-state index is 13.8. The van der Waals surface area contributed by atoms with Gasteiger partial charge < -0.3 is 4.90 Å². The van der Waals surface area contributed by atoms with Crippen LogP contribution in [0.5, 0.6) is 0 Å². The highest BCUT2D eigenvalue weighted by molar-refractivity contribution is 6.10. The van der Waals surface area contributed by atoms with E-state index < -0.39 is 5.41 Å². The molecule has 3 amide bonds. The van der Waals surface area contributed by atoms with Crippen LogP contribution in [0, 0.1) is 0 Å². The summed E-state index contributed by atoms with van der Waals surface area (Å²) in [5.74, 6) is -0.813. The molecule has 4 aromatic rings. The Labute approximate surface area is 215 Å². The minimum atomic E-state index is -1.23. The molecule has 37 heavy (non-hydrogen) atoms. The Hall–Kier alpha value is -4.46. The van der Waals surface area contributed by atoms with Gasteiger partial charge in [-0.15, -0.1) is 0 Å². The fraction of sp³-hybridized carbons (Fsp3) is 0.241. The Bertz CT molecular complexity index is 1440. The van der Waals surface area contributed by atoms with Crippen LogP contribution in [0.25, 0.3) is 11.0 Å². The van der Waals surface area contributed by atoms with Gasteiger partial charge in [0.05, 0.1) is 16.4 Å². The standard InChI is InChI=1S/C29H27N5O3/c1-33(20-21-10-11-24-25(17-21)32-15-14-31-24)26(35)18-29(22-7-3-2-4-8-22)19-27(36)34(28(29)37)16-12-23-9-5-6-13-30-23/h2-11,13-15,17H,12,16,18-20H2,1H3. The van der Waals surface area contributed by atoms with Gasteiger partial charge in [0.2, 0.25) is 17.7 Å². The molecule has 0 aliphatic carbocycles. The lowest BCUT2D eigenvalue weighted by molar-refractivity contribution is -0.142. The SMILES string of the molecule is CN(Cc1ccc2nccnc2c1)C(=O)CC1(c2ccccc2)CC(=O)N(CCc2ccccn2)C1=O. The molecule has 1 atom stereocenters. The first-order valence-electron chi connectivity index (χ1n) is 12.2. The number of hydrogen-bond acceptors (Lipinski definition) is 6. The van der Waals surface area contributed by atoms with Gasteiger partial charge in [0, 0.05) is 63.7 Å². The summed E-state index contributed by atoms with van der Waals surface area (Å²) >= 11 is 0. The first-order valence-corrected chi connectivity index (χ1v) is 12.2. The maximum Gasteiger partial charge on any atom is 0.240 e. The lowest BCUT2D eigenvalue weighted by Gasteiger charge is -2.29. The summed E-state index contributed by atoms with van der Waals surface area (Å²) in [5, 5.41) is 0. The van der Waals surface area contributed by atoms with E-state index in [1.54, 1.807) is 30.5 Å². The van der Waals surface area contributed by atoms with Crippen LogP contribution in [0.2, 0.25) is 0 Å². The molecule has 1 aliphatic rings. The molecule has 186 valence electrons. The lowest BCUT2D eigenvalue weighted by Crippen LogP contribution is -2.43. The van der Waals surface area contributed by atoms with Crippen LogP contribution in [0.1, 0.15) is 29.7 Å². The van der Waals surface area contributed by atoms with E-state index in [-0.39, 0.29) is 37.1 Å². The van der Waals surface area contributed by atoms with Crippen LogP contribution in [0.3, 0.4) is 0 Å². The van der Waals surface area contributed by atoms with Crippen molar-refractivity contribution in [3.8, 4) is 0 Å². The lowest BCUT2D eigenvalue weighted by atomic mass is 9.75. The molecule has 2 aromatic heterocycles. The first-order chi connectivity index (χ1) is 18.0. The summed E-state index contributed by atoms with van der Waals surface area (Å²) in [5.41, 5.74) is 2.68. The van der Waals surface area contributed by atoms with Crippen molar-refractivity contribution >= 4 is 28.8 Å². The van der Waals surface area contributed by atoms with Crippen molar-refractivity contribution in [2.24, 2.45) is 0 Å². The number of aromatic nitrogens is 3. The minimum Gasteiger partial charge on any atom is -0.341 e. The second-order valence-electron chi connectivity index (χ2n) is 9.35. The van der Waals surface area contributed by atoms with Gasteiger partial charge in [-0.2, -0.15) is 0 Å². The van der Waals surface area contributed by atoms with E-state index in [1.807, 2.05) is 66.7 Å². The Balaban J connectivity index is 1.36. The molecular formula is C29H27N5O3. The predicted octanol–water partition coefficient (Wildman–Crippen LogP) is 3.31. The molecule has 8 nitrogen and oxygen atoms in total. The molecular weight excluding hydrogens is 466 g/mol. The van der Waals surface area contributed by atoms with E-state index >= 15 is 0 Å². The normalized spacial score (nSPS) is 17.4. The van der Waals surface area contributed by atoms with Gasteiger partial charge >= 0.3 is 0 Å². The summed E-state index contributed by atoms with van der Waals surface area (Å²) < 4.78 is 0. The van der Waals surface area contributed by atoms with E-state index in [4.69, 9.17) is 0 Å². The third-order valence-electron chi connectivity index (χ3n) is 6.88. The monoisotopic (exact) mass is 493 g/mol. The second kappa shape index (κ2) is 10.3. The Morgan fingerprint density at radius 1 is 0.919 bits per heavy atom. The minimum absolute atomic E-state index is 0.0385. The Kier molecular flexibility index (Phi) is 6.72. The van der Waals surface area contributed by atoms with E-state index in [0.717, 1.165) is 22.3 Å². The average Bonchev–Trinajstić information content (AvgIpc) is 3.17. The number of carbonyl (C=O) groups is 3. The van der Waals surface area contributed by atoms with Gasteiger partial charge in [0.15, 0.2) is 0 Å². The predicted molar refractivity (Wildman–Crippen MR) is 138 cm³/mol. The number of pyridine rings is 1. The molecule has 0 bridgehead atoms. The van der Waals surface area contributed by atoms with Crippen molar-refractivity contribution < 1.29 is 14.4 Å². The Morgan fingerprint density at radius 3 is 2.43 bits per heavy atom. The number of fused-ring (bicyclic) bond motifs is 1. The molecule has 0 spiro atoms. The van der Waals surface area contributed by atoms with Crippen molar-refractivity contribution in [2.45, 2.75) is 31.2 Å². The molecule has 2 aromatic carbocycles. The smallest absolute Gasteiger partial charge is 0.240 e. The zero-order chi connectivity index (χ0) is 25.8. The molecule has 0 N–H and O–H groups in total. The quantitative estimate of drug-likeness (QED) is 0.350. The maximum atomic E-state index is 13.8. The van der Waals surface area contributed by atoms with Crippen molar-refractivity contribution in [3.05, 3.63) is 102 Å². The Morgan fingerprint density at radius 2 is 1.68 bits per heavy atom. The fourth-order valence-electron chi connectivity index (χ4n) is 4.88. The molecule has 1 fully saturated rings. The van der Waals surface area contributed by atoms with Gasteiger partial charge in [0.1, 0.15) is 0 Å². The zero-order valence-corrected chi connectivity index (χ0v) is 20.6. The molecule has 1 aliphatic heterocycles. The van der Waals surface area contributed by atoms with Crippen LogP contribution < -0.4 is 0 Å². The summed E-state index contributed by atoms with van der Waals surface area (Å²) in [7, 11) is 1.71. The average molecular weight is 494 g/mol. The number of nitrogens with zero attached hydrogens (tertiary/aromatic N) is 5.